The van der Waals surface area contributed by atoms with Crippen molar-refractivity contribution in [1.29, 1.82) is 0 Å². The average Bonchev–Trinajstić information content (AvgIpc) is 2.80. The fourth-order valence-electron chi connectivity index (χ4n) is 2.18. The number of aromatic amines is 1. The van der Waals surface area contributed by atoms with Crippen molar-refractivity contribution in [2.45, 2.75) is 19.9 Å². The van der Waals surface area contributed by atoms with Crippen LogP contribution in [0.2, 0.25) is 0 Å². The Morgan fingerprint density at radius 2 is 2.30 bits per heavy atom. The number of anilines is 1. The molecule has 0 aliphatic heterocycles. The van der Waals surface area contributed by atoms with E-state index < -0.39 is 0 Å². The number of hydrogen-bond acceptors (Lipinski definition) is 4. The molecule has 0 saturated heterocycles. The second kappa shape index (κ2) is 6.38. The number of amides is 1. The molecule has 0 spiro atoms. The van der Waals surface area contributed by atoms with Crippen LogP contribution in [0, 0.1) is 0 Å². The number of aromatic nitrogens is 2. The van der Waals surface area contributed by atoms with Crippen molar-refractivity contribution in [3.05, 3.63) is 24.0 Å². The minimum absolute atomic E-state index is 0.0128. The zero-order valence-corrected chi connectivity index (χ0v) is 11.9. The molecule has 1 amide bonds. The van der Waals surface area contributed by atoms with Gasteiger partial charge in [0, 0.05) is 12.7 Å². The van der Waals surface area contributed by atoms with Gasteiger partial charge in [-0.3, -0.25) is 9.69 Å². The van der Waals surface area contributed by atoms with E-state index in [9.17, 15) is 4.79 Å². The van der Waals surface area contributed by atoms with Gasteiger partial charge in [0.25, 0.3) is 0 Å². The molecule has 0 atom stereocenters. The third kappa shape index (κ3) is 3.48. The highest BCUT2D eigenvalue weighted by Crippen LogP contribution is 2.15. The van der Waals surface area contributed by atoms with Crippen molar-refractivity contribution in [1.82, 2.24) is 20.2 Å². The lowest BCUT2D eigenvalue weighted by atomic mass is 10.3. The number of nitrogens with two attached hydrogens (primary N) is 1. The number of rotatable bonds is 6. The minimum atomic E-state index is 0.0128. The first-order valence-electron chi connectivity index (χ1n) is 6.79. The molecular formula is C14H21N5O. The van der Waals surface area contributed by atoms with Gasteiger partial charge < -0.3 is 16.0 Å². The molecule has 0 saturated carbocycles. The number of hydrogen-bond donors (Lipinski definition) is 3. The van der Waals surface area contributed by atoms with Crippen LogP contribution in [0.4, 0.5) is 5.69 Å². The third-order valence-corrected chi connectivity index (χ3v) is 3.11. The van der Waals surface area contributed by atoms with E-state index in [1.807, 2.05) is 18.2 Å². The quantitative estimate of drug-likeness (QED) is 0.689. The summed E-state index contributed by atoms with van der Waals surface area (Å²) in [4.78, 5) is 21.4. The van der Waals surface area contributed by atoms with Gasteiger partial charge in [0.15, 0.2) is 0 Å². The molecule has 1 heterocycles. The highest BCUT2D eigenvalue weighted by Gasteiger charge is 2.12. The van der Waals surface area contributed by atoms with Crippen molar-refractivity contribution in [3.63, 3.8) is 0 Å². The Labute approximate surface area is 118 Å². The van der Waals surface area contributed by atoms with Crippen LogP contribution in [-0.4, -0.2) is 40.9 Å². The number of H-pyrrole nitrogens is 1. The van der Waals surface area contributed by atoms with Gasteiger partial charge in [-0.1, -0.05) is 6.92 Å². The molecule has 2 rings (SSSR count). The molecular weight excluding hydrogens is 254 g/mol. The van der Waals surface area contributed by atoms with Gasteiger partial charge in [-0.2, -0.15) is 0 Å². The molecule has 6 heteroatoms. The smallest absolute Gasteiger partial charge is 0.233 e. The van der Waals surface area contributed by atoms with E-state index in [0.717, 1.165) is 29.8 Å². The van der Waals surface area contributed by atoms with Gasteiger partial charge in [0.1, 0.15) is 5.82 Å². The molecule has 6 nitrogen and oxygen atoms in total. The van der Waals surface area contributed by atoms with Crippen LogP contribution in [0.15, 0.2) is 18.2 Å². The molecule has 0 fully saturated rings. The van der Waals surface area contributed by atoms with Crippen molar-refractivity contribution in [2.24, 2.45) is 0 Å². The Kier molecular flexibility index (Phi) is 4.57. The number of carbonyl (C=O) groups is 1. The monoisotopic (exact) mass is 275 g/mol. The molecule has 0 radical (unpaired) electrons. The number of nitrogen functional groups attached to an aromatic ring is 1. The van der Waals surface area contributed by atoms with Crippen LogP contribution < -0.4 is 11.1 Å². The second-order valence-electron chi connectivity index (χ2n) is 4.84. The summed E-state index contributed by atoms with van der Waals surface area (Å²) in [6, 6.07) is 5.60. The topological polar surface area (TPSA) is 87.0 Å². The van der Waals surface area contributed by atoms with Crippen LogP contribution in [0.25, 0.3) is 11.0 Å². The lowest BCUT2D eigenvalue weighted by Crippen LogP contribution is -2.35. The molecule has 1 aromatic heterocycles. The molecule has 0 bridgehead atoms. The zero-order chi connectivity index (χ0) is 14.5. The predicted octanol–water partition coefficient (Wildman–Crippen LogP) is 1.10. The minimum Gasteiger partial charge on any atom is -0.399 e. The number of carbonyl (C=O) groups excluding carboxylic acids is 1. The lowest BCUT2D eigenvalue weighted by Gasteiger charge is -2.19. The Hall–Kier alpha value is -2.08. The van der Waals surface area contributed by atoms with Crippen LogP contribution in [-0.2, 0) is 11.3 Å². The Balaban J connectivity index is 2.13. The highest BCUT2D eigenvalue weighted by molar-refractivity contribution is 5.79. The van der Waals surface area contributed by atoms with Crippen molar-refractivity contribution < 1.29 is 4.79 Å². The number of imidazole rings is 1. The first-order chi connectivity index (χ1) is 9.62. The number of benzene rings is 1. The first-order valence-corrected chi connectivity index (χ1v) is 6.79. The maximum atomic E-state index is 11.5. The molecule has 1 aromatic carbocycles. The van der Waals surface area contributed by atoms with E-state index in [1.165, 1.54) is 0 Å². The molecule has 0 unspecified atom stereocenters. The van der Waals surface area contributed by atoms with E-state index in [1.54, 1.807) is 7.05 Å². The van der Waals surface area contributed by atoms with Crippen molar-refractivity contribution >= 4 is 22.6 Å². The molecule has 108 valence electrons. The van der Waals surface area contributed by atoms with Gasteiger partial charge in [-0.05, 0) is 31.2 Å². The number of nitrogens with one attached hydrogen (secondary N) is 2. The maximum absolute atomic E-state index is 11.5. The second-order valence-corrected chi connectivity index (χ2v) is 4.84. The van der Waals surface area contributed by atoms with Crippen molar-refractivity contribution in [3.8, 4) is 0 Å². The summed E-state index contributed by atoms with van der Waals surface area (Å²) in [5.74, 6) is 0.863. The number of fused-ring (bicyclic) bond motifs is 1. The van der Waals surface area contributed by atoms with Crippen LogP contribution in [0.1, 0.15) is 19.2 Å². The SMILES string of the molecule is CCCN(CC(=O)NC)Cc1nc2ccc(N)cc2[nH]1. The van der Waals surface area contributed by atoms with Crippen LogP contribution in [0.5, 0.6) is 0 Å². The van der Waals surface area contributed by atoms with Gasteiger partial charge in [-0.25, -0.2) is 4.98 Å². The third-order valence-electron chi connectivity index (χ3n) is 3.11. The Morgan fingerprint density at radius 1 is 1.50 bits per heavy atom. The van der Waals surface area contributed by atoms with Crippen molar-refractivity contribution in [2.75, 3.05) is 25.9 Å². The van der Waals surface area contributed by atoms with Crippen LogP contribution >= 0.6 is 0 Å². The number of likely N-dealkylation sites (N-methyl/N-ethyl adjacent to an activating group) is 1. The van der Waals surface area contributed by atoms with Gasteiger partial charge in [0.05, 0.1) is 24.1 Å². The van der Waals surface area contributed by atoms with Gasteiger partial charge in [0.2, 0.25) is 5.91 Å². The summed E-state index contributed by atoms with van der Waals surface area (Å²) in [5, 5.41) is 2.65. The summed E-state index contributed by atoms with van der Waals surface area (Å²) < 4.78 is 0. The van der Waals surface area contributed by atoms with E-state index >= 15 is 0 Å². The van der Waals surface area contributed by atoms with Gasteiger partial charge >= 0.3 is 0 Å². The molecule has 2 aromatic rings. The fourth-order valence-corrected chi connectivity index (χ4v) is 2.18. The molecule has 0 aliphatic rings. The summed E-state index contributed by atoms with van der Waals surface area (Å²) in [7, 11) is 1.65. The Bertz CT molecular complexity index is 592. The van der Waals surface area contributed by atoms with E-state index in [0.29, 0.717) is 18.8 Å². The van der Waals surface area contributed by atoms with E-state index in [-0.39, 0.29) is 5.91 Å². The van der Waals surface area contributed by atoms with Gasteiger partial charge in [-0.15, -0.1) is 0 Å². The zero-order valence-electron chi connectivity index (χ0n) is 11.9. The average molecular weight is 275 g/mol. The van der Waals surface area contributed by atoms with E-state index in [2.05, 4.69) is 27.1 Å². The van der Waals surface area contributed by atoms with E-state index in [4.69, 9.17) is 5.73 Å². The normalized spacial score (nSPS) is 11.2. The summed E-state index contributed by atoms with van der Waals surface area (Å²) >= 11 is 0. The van der Waals surface area contributed by atoms with Crippen LogP contribution in [0.3, 0.4) is 0 Å². The number of nitrogens with zero attached hydrogens (tertiary/aromatic N) is 2. The summed E-state index contributed by atoms with van der Waals surface area (Å²) in [6.45, 7) is 3.95. The maximum Gasteiger partial charge on any atom is 0.233 e. The molecule has 4 N–H and O–H groups in total. The summed E-state index contributed by atoms with van der Waals surface area (Å²) in [6.07, 6.45) is 0.990. The standard InChI is InChI=1S/C14H21N5O/c1-3-6-19(9-14(20)16-2)8-13-17-11-5-4-10(15)7-12(11)18-13/h4-5,7H,3,6,8-9,15H2,1-2H3,(H,16,20)(H,17,18). The molecule has 20 heavy (non-hydrogen) atoms. The fraction of sp³-hybridized carbons (Fsp3) is 0.429. The largest absolute Gasteiger partial charge is 0.399 e. The lowest BCUT2D eigenvalue weighted by molar-refractivity contribution is -0.121. The highest BCUT2D eigenvalue weighted by atomic mass is 16.1. The first kappa shape index (κ1) is 14.3. The molecule has 0 aliphatic carbocycles. The summed E-state index contributed by atoms with van der Waals surface area (Å²) in [5.41, 5.74) is 8.29. The predicted molar refractivity (Wildman–Crippen MR) is 80.1 cm³/mol. The Morgan fingerprint density at radius 3 is 3.00 bits per heavy atom.